The van der Waals surface area contributed by atoms with Gasteiger partial charge in [-0.25, -0.2) is 4.39 Å². The van der Waals surface area contributed by atoms with Crippen molar-refractivity contribution in [1.29, 1.82) is 0 Å². The van der Waals surface area contributed by atoms with Crippen LogP contribution in [0, 0.1) is 5.82 Å². The van der Waals surface area contributed by atoms with Crippen molar-refractivity contribution in [3.05, 3.63) is 47.8 Å². The molecular weight excluding hydrogens is 215 g/mol. The van der Waals surface area contributed by atoms with Crippen LogP contribution in [0.4, 0.5) is 4.39 Å². The quantitative estimate of drug-likeness (QED) is 0.743. The smallest absolute Gasteiger partial charge is 0.123 e. The molecule has 17 heavy (non-hydrogen) atoms. The Bertz CT molecular complexity index is 372. The van der Waals surface area contributed by atoms with Gasteiger partial charge in [0.1, 0.15) is 5.82 Å². The summed E-state index contributed by atoms with van der Waals surface area (Å²) in [6, 6.07) is 6.55. The molecule has 94 valence electrons. The highest BCUT2D eigenvalue weighted by atomic mass is 19.1. The van der Waals surface area contributed by atoms with Gasteiger partial charge in [-0.05, 0) is 38.0 Å². The average Bonchev–Trinajstić information content (AvgIpc) is 2.30. The van der Waals surface area contributed by atoms with E-state index < -0.39 is 0 Å². The second-order valence-corrected chi connectivity index (χ2v) is 4.88. The van der Waals surface area contributed by atoms with Crippen LogP contribution in [0.5, 0.6) is 0 Å². The van der Waals surface area contributed by atoms with Crippen molar-refractivity contribution < 1.29 is 4.39 Å². The minimum atomic E-state index is -0.210. The van der Waals surface area contributed by atoms with E-state index in [0.29, 0.717) is 6.54 Å². The van der Waals surface area contributed by atoms with Gasteiger partial charge in [0, 0.05) is 18.6 Å². The van der Waals surface area contributed by atoms with Crippen molar-refractivity contribution in [3.8, 4) is 0 Å². The van der Waals surface area contributed by atoms with Crippen LogP contribution in [-0.4, -0.2) is 18.6 Å². The number of benzene rings is 1. The molecule has 0 amide bonds. The number of hydrogen-bond acceptors (Lipinski definition) is 2. The molecule has 0 fully saturated rings. The molecule has 0 bridgehead atoms. The lowest BCUT2D eigenvalue weighted by Gasteiger charge is -2.30. The Labute approximate surface area is 103 Å². The number of nitrogens with one attached hydrogen (secondary N) is 1. The maximum atomic E-state index is 12.8. The predicted octanol–water partition coefficient (Wildman–Crippen LogP) is 2.25. The molecule has 2 nitrogen and oxygen atoms in total. The fourth-order valence-electron chi connectivity index (χ4n) is 1.62. The lowest BCUT2D eigenvalue weighted by atomic mass is 9.92. The largest absolute Gasteiger partial charge is 0.329 e. The number of halogens is 1. The van der Waals surface area contributed by atoms with E-state index in [1.165, 1.54) is 12.1 Å². The van der Waals surface area contributed by atoms with Gasteiger partial charge in [-0.2, -0.15) is 0 Å². The molecule has 0 saturated heterocycles. The summed E-state index contributed by atoms with van der Waals surface area (Å²) in [7, 11) is 0. The van der Waals surface area contributed by atoms with Crippen molar-refractivity contribution in [1.82, 2.24) is 5.32 Å². The highest BCUT2D eigenvalue weighted by molar-refractivity contribution is 5.19. The molecule has 0 radical (unpaired) electrons. The van der Waals surface area contributed by atoms with Gasteiger partial charge in [-0.1, -0.05) is 24.3 Å². The Balaban J connectivity index is 2.67. The molecule has 1 atom stereocenters. The molecule has 1 rings (SSSR count). The molecule has 1 unspecified atom stereocenters. The van der Waals surface area contributed by atoms with Crippen molar-refractivity contribution in [3.63, 3.8) is 0 Å². The number of nitrogens with two attached hydrogens (primary N) is 1. The second kappa shape index (κ2) is 5.94. The molecule has 0 aliphatic rings. The number of rotatable bonds is 6. The Kier molecular flexibility index (Phi) is 4.85. The van der Waals surface area contributed by atoms with Crippen LogP contribution in [-0.2, 0) is 6.42 Å². The predicted molar refractivity (Wildman–Crippen MR) is 70.4 cm³/mol. The molecule has 1 aromatic rings. The SMILES string of the molecule is C=C(C)CNC(C)(CN)Cc1ccc(F)cc1. The molecule has 3 N–H and O–H groups in total. The van der Waals surface area contributed by atoms with Gasteiger partial charge in [0.05, 0.1) is 0 Å². The molecular formula is C14H21FN2. The molecule has 0 saturated carbocycles. The van der Waals surface area contributed by atoms with E-state index >= 15 is 0 Å². The molecule has 0 aliphatic heterocycles. The van der Waals surface area contributed by atoms with Crippen molar-refractivity contribution >= 4 is 0 Å². The fraction of sp³-hybridized carbons (Fsp3) is 0.429. The lowest BCUT2D eigenvalue weighted by molar-refractivity contribution is 0.374. The summed E-state index contributed by atoms with van der Waals surface area (Å²) in [6.07, 6.45) is 0.775. The topological polar surface area (TPSA) is 38.0 Å². The standard InChI is InChI=1S/C14H21FN2/c1-11(2)9-17-14(3,10-16)8-12-4-6-13(15)7-5-12/h4-7,17H,1,8-10,16H2,2-3H3. The zero-order valence-corrected chi connectivity index (χ0v) is 10.6. The van der Waals surface area contributed by atoms with E-state index in [-0.39, 0.29) is 11.4 Å². The van der Waals surface area contributed by atoms with E-state index in [4.69, 9.17) is 5.73 Å². The molecule has 1 aromatic carbocycles. The first-order valence-corrected chi connectivity index (χ1v) is 5.79. The highest BCUT2D eigenvalue weighted by Crippen LogP contribution is 2.13. The van der Waals surface area contributed by atoms with Crippen molar-refractivity contribution in [2.45, 2.75) is 25.8 Å². The summed E-state index contributed by atoms with van der Waals surface area (Å²) >= 11 is 0. The third kappa shape index (κ3) is 4.67. The van der Waals surface area contributed by atoms with E-state index in [1.807, 2.05) is 6.92 Å². The van der Waals surface area contributed by atoms with E-state index in [2.05, 4.69) is 18.8 Å². The summed E-state index contributed by atoms with van der Waals surface area (Å²) in [6.45, 7) is 9.17. The summed E-state index contributed by atoms with van der Waals surface area (Å²) < 4.78 is 12.8. The third-order valence-electron chi connectivity index (χ3n) is 2.78. The maximum absolute atomic E-state index is 12.8. The Morgan fingerprint density at radius 3 is 2.47 bits per heavy atom. The van der Waals surface area contributed by atoms with Gasteiger partial charge >= 0.3 is 0 Å². The van der Waals surface area contributed by atoms with E-state index in [9.17, 15) is 4.39 Å². The molecule has 3 heteroatoms. The summed E-state index contributed by atoms with van der Waals surface area (Å²) in [5, 5.41) is 3.39. The normalized spacial score (nSPS) is 14.4. The Morgan fingerprint density at radius 2 is 2.00 bits per heavy atom. The fourth-order valence-corrected chi connectivity index (χ4v) is 1.62. The molecule has 0 heterocycles. The van der Waals surface area contributed by atoms with Crippen LogP contribution in [0.1, 0.15) is 19.4 Å². The van der Waals surface area contributed by atoms with Crippen LogP contribution in [0.3, 0.4) is 0 Å². The zero-order valence-electron chi connectivity index (χ0n) is 10.6. The monoisotopic (exact) mass is 236 g/mol. The van der Waals surface area contributed by atoms with E-state index in [1.54, 1.807) is 12.1 Å². The van der Waals surface area contributed by atoms with Gasteiger partial charge in [0.25, 0.3) is 0 Å². The van der Waals surface area contributed by atoms with Gasteiger partial charge in [-0.3, -0.25) is 0 Å². The minimum absolute atomic E-state index is 0.184. The van der Waals surface area contributed by atoms with Crippen molar-refractivity contribution in [2.24, 2.45) is 5.73 Å². The first-order valence-electron chi connectivity index (χ1n) is 5.79. The van der Waals surface area contributed by atoms with E-state index in [0.717, 1.165) is 24.1 Å². The Morgan fingerprint density at radius 1 is 1.41 bits per heavy atom. The first-order chi connectivity index (χ1) is 7.95. The summed E-state index contributed by atoms with van der Waals surface area (Å²) in [5.41, 5.74) is 7.77. The highest BCUT2D eigenvalue weighted by Gasteiger charge is 2.21. The second-order valence-electron chi connectivity index (χ2n) is 4.88. The molecule has 0 aromatic heterocycles. The van der Waals surface area contributed by atoms with Gasteiger partial charge in [0.2, 0.25) is 0 Å². The van der Waals surface area contributed by atoms with Crippen LogP contribution in [0.2, 0.25) is 0 Å². The summed E-state index contributed by atoms with van der Waals surface area (Å²) in [4.78, 5) is 0. The van der Waals surface area contributed by atoms with Crippen LogP contribution < -0.4 is 11.1 Å². The van der Waals surface area contributed by atoms with Crippen LogP contribution >= 0.6 is 0 Å². The average molecular weight is 236 g/mol. The van der Waals surface area contributed by atoms with Crippen molar-refractivity contribution in [2.75, 3.05) is 13.1 Å². The first kappa shape index (κ1) is 13.9. The van der Waals surface area contributed by atoms with Gasteiger partial charge < -0.3 is 11.1 Å². The lowest BCUT2D eigenvalue weighted by Crippen LogP contribution is -2.50. The van der Waals surface area contributed by atoms with Crippen LogP contribution in [0.25, 0.3) is 0 Å². The van der Waals surface area contributed by atoms with Gasteiger partial charge in [0.15, 0.2) is 0 Å². The Hall–Kier alpha value is -1.19. The number of hydrogen-bond donors (Lipinski definition) is 2. The third-order valence-corrected chi connectivity index (χ3v) is 2.78. The van der Waals surface area contributed by atoms with Crippen LogP contribution in [0.15, 0.2) is 36.4 Å². The zero-order chi connectivity index (χ0) is 12.9. The minimum Gasteiger partial charge on any atom is -0.329 e. The maximum Gasteiger partial charge on any atom is 0.123 e. The molecule has 0 spiro atoms. The summed E-state index contributed by atoms with van der Waals surface area (Å²) in [5.74, 6) is -0.210. The molecule has 0 aliphatic carbocycles. The van der Waals surface area contributed by atoms with Gasteiger partial charge in [-0.15, -0.1) is 0 Å².